The molecule has 0 saturated carbocycles. The maximum atomic E-state index is 13.3. The van der Waals surface area contributed by atoms with E-state index in [-0.39, 0.29) is 22.7 Å². The third-order valence-electron chi connectivity index (χ3n) is 4.63. The second-order valence-electron chi connectivity index (χ2n) is 6.96. The van der Waals surface area contributed by atoms with Crippen molar-refractivity contribution < 1.29 is 13.6 Å². The van der Waals surface area contributed by atoms with E-state index in [1.165, 1.54) is 23.5 Å². The molecular formula is C23H16ClFN4O2S2. The number of nitrogens with zero attached hydrogens (tertiary/aromatic N) is 3. The van der Waals surface area contributed by atoms with Crippen LogP contribution >= 0.6 is 34.7 Å². The first-order valence-electron chi connectivity index (χ1n) is 9.72. The largest absolute Gasteiger partial charge is 0.416 e. The van der Waals surface area contributed by atoms with Gasteiger partial charge in [-0.3, -0.25) is 4.79 Å². The van der Waals surface area contributed by atoms with Crippen molar-refractivity contribution in [3.63, 3.8) is 0 Å². The average molecular weight is 499 g/mol. The van der Waals surface area contributed by atoms with Crippen LogP contribution in [0.25, 0.3) is 11.1 Å². The highest BCUT2D eigenvalue weighted by Crippen LogP contribution is 2.39. The second-order valence-corrected chi connectivity index (χ2v) is 9.55. The first-order valence-corrected chi connectivity index (χ1v) is 11.9. The third-order valence-corrected chi connectivity index (χ3v) is 6.72. The molecule has 0 radical (unpaired) electrons. The van der Waals surface area contributed by atoms with Gasteiger partial charge in [-0.15, -0.1) is 21.5 Å². The number of aromatic nitrogens is 2. The van der Waals surface area contributed by atoms with Gasteiger partial charge in [0.05, 0.1) is 17.7 Å². The summed E-state index contributed by atoms with van der Waals surface area (Å²) in [6, 6.07) is 15.4. The molecule has 0 spiro atoms. The van der Waals surface area contributed by atoms with E-state index in [9.17, 15) is 14.4 Å². The molecule has 166 valence electrons. The van der Waals surface area contributed by atoms with Gasteiger partial charge in [0.25, 0.3) is 5.22 Å². The number of hydrogen-bond acceptors (Lipinski definition) is 7. The fourth-order valence-corrected chi connectivity index (χ4v) is 4.89. The summed E-state index contributed by atoms with van der Waals surface area (Å²) in [6.45, 7) is 1.86. The molecule has 33 heavy (non-hydrogen) atoms. The zero-order valence-corrected chi connectivity index (χ0v) is 19.7. The predicted molar refractivity (Wildman–Crippen MR) is 127 cm³/mol. The van der Waals surface area contributed by atoms with Crippen molar-refractivity contribution >= 4 is 45.6 Å². The number of nitriles is 1. The highest BCUT2D eigenvalue weighted by atomic mass is 35.5. The van der Waals surface area contributed by atoms with Crippen LogP contribution in [0.5, 0.6) is 0 Å². The molecule has 2 heterocycles. The molecule has 10 heteroatoms. The number of rotatable bonds is 7. The molecule has 6 nitrogen and oxygen atoms in total. The Balaban J connectivity index is 1.39. The van der Waals surface area contributed by atoms with Gasteiger partial charge in [-0.2, -0.15) is 5.26 Å². The Bertz CT molecular complexity index is 1330. The predicted octanol–water partition coefficient (Wildman–Crippen LogP) is 6.09. The number of amides is 1. The lowest BCUT2D eigenvalue weighted by atomic mass is 10.0. The topological polar surface area (TPSA) is 91.8 Å². The number of aryl methyl sites for hydroxylation is 1. The van der Waals surface area contributed by atoms with E-state index in [4.69, 9.17) is 16.0 Å². The summed E-state index contributed by atoms with van der Waals surface area (Å²) < 4.78 is 18.9. The maximum Gasteiger partial charge on any atom is 0.277 e. The lowest BCUT2D eigenvalue weighted by molar-refractivity contribution is -0.113. The quantitative estimate of drug-likeness (QED) is 0.310. The zero-order valence-electron chi connectivity index (χ0n) is 17.3. The molecule has 1 N–H and O–H groups in total. The Kier molecular flexibility index (Phi) is 7.08. The van der Waals surface area contributed by atoms with Crippen LogP contribution in [0, 0.1) is 24.1 Å². The summed E-state index contributed by atoms with van der Waals surface area (Å²) in [7, 11) is 0. The van der Waals surface area contributed by atoms with E-state index in [1.54, 1.807) is 24.3 Å². The van der Waals surface area contributed by atoms with Gasteiger partial charge in [0.15, 0.2) is 0 Å². The van der Waals surface area contributed by atoms with E-state index < -0.39 is 0 Å². The van der Waals surface area contributed by atoms with Gasteiger partial charge in [0, 0.05) is 15.5 Å². The molecule has 4 rings (SSSR count). The van der Waals surface area contributed by atoms with Crippen molar-refractivity contribution in [2.45, 2.75) is 18.6 Å². The number of halogens is 2. The van der Waals surface area contributed by atoms with Crippen LogP contribution in [0.15, 0.2) is 58.2 Å². The number of nitrogens with one attached hydrogen (secondary N) is 1. The van der Waals surface area contributed by atoms with E-state index in [0.29, 0.717) is 33.5 Å². The lowest BCUT2D eigenvalue weighted by Gasteiger charge is -2.03. The number of benzene rings is 2. The fourth-order valence-electron chi connectivity index (χ4n) is 3.14. The van der Waals surface area contributed by atoms with Crippen LogP contribution in [0.1, 0.15) is 21.9 Å². The highest BCUT2D eigenvalue weighted by molar-refractivity contribution is 7.99. The first kappa shape index (κ1) is 23.0. The van der Waals surface area contributed by atoms with Crippen molar-refractivity contribution in [1.29, 1.82) is 5.26 Å². The molecule has 0 bridgehead atoms. The number of anilines is 1. The molecule has 0 saturated heterocycles. The smallest absolute Gasteiger partial charge is 0.277 e. The Hall–Kier alpha value is -3.19. The van der Waals surface area contributed by atoms with Gasteiger partial charge in [-0.25, -0.2) is 4.39 Å². The summed E-state index contributed by atoms with van der Waals surface area (Å²) in [5.74, 6) is -0.185. The summed E-state index contributed by atoms with van der Waals surface area (Å²) in [6.07, 6.45) is 0.461. The van der Waals surface area contributed by atoms with Gasteiger partial charge in [-0.1, -0.05) is 47.6 Å². The second kappa shape index (κ2) is 10.2. The lowest BCUT2D eigenvalue weighted by Crippen LogP contribution is -2.13. The molecule has 4 aromatic rings. The first-order chi connectivity index (χ1) is 15.9. The number of carbonyl (C=O) groups is 1. The summed E-state index contributed by atoms with van der Waals surface area (Å²) in [4.78, 5) is 13.4. The van der Waals surface area contributed by atoms with Crippen molar-refractivity contribution in [2.24, 2.45) is 0 Å². The van der Waals surface area contributed by atoms with Crippen LogP contribution in [0.3, 0.4) is 0 Å². The standard InChI is InChI=1S/C23H16ClFN4O2S2/c1-13-21(15-4-8-17(25)9-5-15)18(11-26)22(33-13)27-19(30)12-32-23-29-28-20(31-23)10-14-2-6-16(24)7-3-14/h2-9H,10,12H2,1H3,(H,27,30). The number of carbonyl (C=O) groups excluding carboxylic acids is 1. The summed E-state index contributed by atoms with van der Waals surface area (Å²) in [5, 5.41) is 21.8. The SMILES string of the molecule is Cc1sc(NC(=O)CSc2nnc(Cc3ccc(Cl)cc3)o2)c(C#N)c1-c1ccc(F)cc1. The van der Waals surface area contributed by atoms with Crippen molar-refractivity contribution in [3.8, 4) is 17.2 Å². The van der Waals surface area contributed by atoms with Crippen LogP contribution in [-0.2, 0) is 11.2 Å². The minimum absolute atomic E-state index is 0.0380. The van der Waals surface area contributed by atoms with Crippen molar-refractivity contribution in [3.05, 3.63) is 81.3 Å². The van der Waals surface area contributed by atoms with Crippen LogP contribution in [-0.4, -0.2) is 21.9 Å². The van der Waals surface area contributed by atoms with E-state index >= 15 is 0 Å². The minimum atomic E-state index is -0.354. The number of thioether (sulfide) groups is 1. The third kappa shape index (κ3) is 5.60. The average Bonchev–Trinajstić information content (AvgIpc) is 3.37. The Morgan fingerprint density at radius 3 is 2.64 bits per heavy atom. The summed E-state index contributed by atoms with van der Waals surface area (Å²) >= 11 is 8.30. The molecule has 0 unspecified atom stereocenters. The highest BCUT2D eigenvalue weighted by Gasteiger charge is 2.19. The maximum absolute atomic E-state index is 13.3. The van der Waals surface area contributed by atoms with Gasteiger partial charge < -0.3 is 9.73 Å². The van der Waals surface area contributed by atoms with E-state index in [0.717, 1.165) is 27.8 Å². The summed E-state index contributed by atoms with van der Waals surface area (Å²) in [5.41, 5.74) is 2.74. The Morgan fingerprint density at radius 1 is 1.21 bits per heavy atom. The van der Waals surface area contributed by atoms with E-state index in [2.05, 4.69) is 21.6 Å². The van der Waals surface area contributed by atoms with Crippen molar-refractivity contribution in [1.82, 2.24) is 10.2 Å². The Morgan fingerprint density at radius 2 is 1.94 bits per heavy atom. The van der Waals surface area contributed by atoms with Gasteiger partial charge in [0.1, 0.15) is 16.9 Å². The molecule has 2 aromatic carbocycles. The van der Waals surface area contributed by atoms with E-state index in [1.807, 2.05) is 19.1 Å². The van der Waals surface area contributed by atoms with Crippen LogP contribution in [0.4, 0.5) is 9.39 Å². The molecule has 1 amide bonds. The molecular weight excluding hydrogens is 483 g/mol. The number of thiophene rings is 1. The van der Waals surface area contributed by atoms with Crippen LogP contribution in [0.2, 0.25) is 5.02 Å². The molecule has 0 atom stereocenters. The van der Waals surface area contributed by atoms with Gasteiger partial charge >= 0.3 is 0 Å². The normalized spacial score (nSPS) is 10.7. The molecule has 0 aliphatic heterocycles. The van der Waals surface area contributed by atoms with Crippen LogP contribution < -0.4 is 5.32 Å². The minimum Gasteiger partial charge on any atom is -0.416 e. The van der Waals surface area contributed by atoms with Gasteiger partial charge in [0.2, 0.25) is 11.8 Å². The zero-order chi connectivity index (χ0) is 23.4. The molecule has 0 fully saturated rings. The van der Waals surface area contributed by atoms with Crippen molar-refractivity contribution in [2.75, 3.05) is 11.1 Å². The molecule has 0 aliphatic carbocycles. The Labute approximate surface area is 202 Å². The monoisotopic (exact) mass is 498 g/mol. The molecule has 0 aliphatic rings. The molecule has 2 aromatic heterocycles. The van der Waals surface area contributed by atoms with Gasteiger partial charge in [-0.05, 0) is 42.3 Å². The fraction of sp³-hybridized carbons (Fsp3) is 0.130. The number of hydrogen-bond donors (Lipinski definition) is 1.